The molecule has 2 unspecified atom stereocenters. The number of carbonyl (C=O) groups is 1. The highest BCUT2D eigenvalue weighted by atomic mass is 16.4. The van der Waals surface area contributed by atoms with Crippen molar-refractivity contribution in [1.82, 2.24) is 0 Å². The van der Waals surface area contributed by atoms with E-state index in [0.717, 1.165) is 0 Å². The molecule has 0 radical (unpaired) electrons. The lowest BCUT2D eigenvalue weighted by Gasteiger charge is -2.61. The second kappa shape index (κ2) is 5.25. The van der Waals surface area contributed by atoms with Crippen molar-refractivity contribution in [2.75, 3.05) is 0 Å². The first-order valence-electron chi connectivity index (χ1n) is 7.61. The lowest BCUT2D eigenvalue weighted by atomic mass is 9.45. The van der Waals surface area contributed by atoms with Crippen LogP contribution in [0.15, 0.2) is 60.7 Å². The SMILES string of the molecule is CC1C(N)(CC(=O)O)CC1(c1ccccc1)c1ccccc1. The summed E-state index contributed by atoms with van der Waals surface area (Å²) in [5.41, 5.74) is 7.98. The summed E-state index contributed by atoms with van der Waals surface area (Å²) in [6.45, 7) is 2.08. The highest BCUT2D eigenvalue weighted by molar-refractivity contribution is 5.69. The van der Waals surface area contributed by atoms with Crippen LogP contribution in [0.3, 0.4) is 0 Å². The number of hydrogen-bond acceptors (Lipinski definition) is 2. The van der Waals surface area contributed by atoms with Gasteiger partial charge in [0.1, 0.15) is 0 Å². The quantitative estimate of drug-likeness (QED) is 0.910. The second-order valence-corrected chi connectivity index (χ2v) is 6.41. The maximum atomic E-state index is 11.2. The van der Waals surface area contributed by atoms with Crippen LogP contribution in [0, 0.1) is 5.92 Å². The molecular formula is C19H21NO2. The van der Waals surface area contributed by atoms with Gasteiger partial charge in [-0.25, -0.2) is 0 Å². The maximum absolute atomic E-state index is 11.2. The van der Waals surface area contributed by atoms with E-state index in [1.807, 2.05) is 36.4 Å². The molecule has 3 nitrogen and oxygen atoms in total. The lowest BCUT2D eigenvalue weighted by molar-refractivity contribution is -0.141. The highest BCUT2D eigenvalue weighted by Gasteiger charge is 2.61. The van der Waals surface area contributed by atoms with Crippen LogP contribution in [0.4, 0.5) is 0 Å². The Morgan fingerprint density at radius 3 is 1.91 bits per heavy atom. The number of carboxylic acids is 1. The predicted molar refractivity (Wildman–Crippen MR) is 86.6 cm³/mol. The Hall–Kier alpha value is -2.13. The van der Waals surface area contributed by atoms with E-state index in [0.29, 0.717) is 6.42 Å². The van der Waals surface area contributed by atoms with Crippen LogP contribution in [0.5, 0.6) is 0 Å². The largest absolute Gasteiger partial charge is 0.481 e. The van der Waals surface area contributed by atoms with Gasteiger partial charge in [0.2, 0.25) is 0 Å². The smallest absolute Gasteiger partial charge is 0.305 e. The Balaban J connectivity index is 2.07. The van der Waals surface area contributed by atoms with Crippen LogP contribution in [0.1, 0.15) is 30.9 Å². The van der Waals surface area contributed by atoms with Crippen molar-refractivity contribution in [1.29, 1.82) is 0 Å². The van der Waals surface area contributed by atoms with Gasteiger partial charge in [0, 0.05) is 11.0 Å². The molecule has 0 aliphatic heterocycles. The summed E-state index contributed by atoms with van der Waals surface area (Å²) in [6.07, 6.45) is 0.664. The van der Waals surface area contributed by atoms with Crippen molar-refractivity contribution >= 4 is 5.97 Å². The zero-order valence-corrected chi connectivity index (χ0v) is 12.7. The third kappa shape index (κ3) is 2.13. The van der Waals surface area contributed by atoms with E-state index < -0.39 is 11.5 Å². The fraction of sp³-hybridized carbons (Fsp3) is 0.316. The molecule has 1 aliphatic carbocycles. The van der Waals surface area contributed by atoms with Crippen molar-refractivity contribution in [2.24, 2.45) is 11.7 Å². The molecule has 2 aromatic carbocycles. The van der Waals surface area contributed by atoms with Gasteiger partial charge in [-0.1, -0.05) is 67.6 Å². The Morgan fingerprint density at radius 1 is 1.09 bits per heavy atom. The number of benzene rings is 2. The molecule has 3 N–H and O–H groups in total. The topological polar surface area (TPSA) is 63.3 Å². The first-order chi connectivity index (χ1) is 10.5. The summed E-state index contributed by atoms with van der Waals surface area (Å²) in [6, 6.07) is 20.6. The van der Waals surface area contributed by atoms with Crippen LogP contribution in [-0.2, 0) is 10.2 Å². The van der Waals surface area contributed by atoms with Crippen LogP contribution in [-0.4, -0.2) is 16.6 Å². The molecule has 114 valence electrons. The average Bonchev–Trinajstić information content (AvgIpc) is 2.53. The first-order valence-corrected chi connectivity index (χ1v) is 7.61. The monoisotopic (exact) mass is 295 g/mol. The van der Waals surface area contributed by atoms with Crippen LogP contribution < -0.4 is 5.73 Å². The minimum Gasteiger partial charge on any atom is -0.481 e. The van der Waals surface area contributed by atoms with E-state index in [-0.39, 0.29) is 17.8 Å². The van der Waals surface area contributed by atoms with Crippen molar-refractivity contribution in [3.8, 4) is 0 Å². The Morgan fingerprint density at radius 2 is 1.55 bits per heavy atom. The molecule has 1 saturated carbocycles. The van der Waals surface area contributed by atoms with Gasteiger partial charge in [-0.3, -0.25) is 4.79 Å². The lowest BCUT2D eigenvalue weighted by Crippen LogP contribution is -2.68. The Kier molecular flexibility index (Phi) is 3.53. The first kappa shape index (κ1) is 14.8. The Bertz CT molecular complexity index is 629. The van der Waals surface area contributed by atoms with Crippen LogP contribution in [0.2, 0.25) is 0 Å². The van der Waals surface area contributed by atoms with E-state index in [1.165, 1.54) is 11.1 Å². The number of aliphatic carboxylic acids is 1. The maximum Gasteiger partial charge on any atom is 0.305 e. The molecule has 22 heavy (non-hydrogen) atoms. The van der Waals surface area contributed by atoms with Crippen LogP contribution >= 0.6 is 0 Å². The van der Waals surface area contributed by atoms with Crippen molar-refractivity contribution in [3.05, 3.63) is 71.8 Å². The van der Waals surface area contributed by atoms with Gasteiger partial charge in [-0.15, -0.1) is 0 Å². The minimum absolute atomic E-state index is 0.00951. The Labute approximate surface area is 130 Å². The minimum atomic E-state index is -0.830. The molecule has 0 spiro atoms. The molecule has 0 heterocycles. The van der Waals surface area contributed by atoms with Gasteiger partial charge in [0.15, 0.2) is 0 Å². The van der Waals surface area contributed by atoms with Crippen molar-refractivity contribution in [3.63, 3.8) is 0 Å². The number of nitrogens with two attached hydrogens (primary N) is 1. The third-order valence-electron chi connectivity index (χ3n) is 5.27. The molecule has 1 aliphatic rings. The predicted octanol–water partition coefficient (Wildman–Crippen LogP) is 3.18. The summed E-state index contributed by atoms with van der Waals surface area (Å²) in [4.78, 5) is 11.2. The fourth-order valence-electron chi connectivity index (χ4n) is 4.02. The van der Waals surface area contributed by atoms with E-state index in [2.05, 4.69) is 31.2 Å². The molecule has 3 heteroatoms. The molecule has 2 atom stereocenters. The van der Waals surface area contributed by atoms with E-state index in [4.69, 9.17) is 10.8 Å². The zero-order chi connectivity index (χ0) is 15.8. The second-order valence-electron chi connectivity index (χ2n) is 6.41. The van der Waals surface area contributed by atoms with Gasteiger partial charge in [-0.05, 0) is 23.5 Å². The van der Waals surface area contributed by atoms with E-state index in [1.54, 1.807) is 0 Å². The summed E-state index contributed by atoms with van der Waals surface area (Å²) in [5.74, 6) is -0.773. The van der Waals surface area contributed by atoms with Gasteiger partial charge in [0.05, 0.1) is 6.42 Å². The molecule has 1 fully saturated rings. The number of carboxylic acid groups (broad SMARTS) is 1. The van der Waals surface area contributed by atoms with Gasteiger partial charge < -0.3 is 10.8 Å². The number of rotatable bonds is 4. The van der Waals surface area contributed by atoms with E-state index >= 15 is 0 Å². The average molecular weight is 295 g/mol. The van der Waals surface area contributed by atoms with Crippen LogP contribution in [0.25, 0.3) is 0 Å². The zero-order valence-electron chi connectivity index (χ0n) is 12.7. The van der Waals surface area contributed by atoms with Crippen molar-refractivity contribution < 1.29 is 9.90 Å². The summed E-state index contributed by atoms with van der Waals surface area (Å²) in [5, 5.41) is 9.16. The molecule has 0 aromatic heterocycles. The van der Waals surface area contributed by atoms with E-state index in [9.17, 15) is 4.79 Å². The molecule has 3 rings (SSSR count). The summed E-state index contributed by atoms with van der Waals surface area (Å²) in [7, 11) is 0. The molecule has 0 amide bonds. The fourth-order valence-corrected chi connectivity index (χ4v) is 4.02. The van der Waals surface area contributed by atoms with Crippen molar-refractivity contribution in [2.45, 2.75) is 30.7 Å². The number of hydrogen-bond donors (Lipinski definition) is 2. The molecular weight excluding hydrogens is 274 g/mol. The third-order valence-corrected chi connectivity index (χ3v) is 5.27. The highest BCUT2D eigenvalue weighted by Crippen LogP contribution is 2.58. The van der Waals surface area contributed by atoms with Gasteiger partial charge in [-0.2, -0.15) is 0 Å². The van der Waals surface area contributed by atoms with Gasteiger partial charge >= 0.3 is 5.97 Å². The molecule has 0 bridgehead atoms. The molecule has 2 aromatic rings. The molecule has 0 saturated heterocycles. The normalized spacial score (nSPS) is 26.2. The summed E-state index contributed by atoms with van der Waals surface area (Å²) >= 11 is 0. The van der Waals surface area contributed by atoms with Gasteiger partial charge in [0.25, 0.3) is 0 Å². The standard InChI is InChI=1S/C19H21NO2/c1-14-18(20,12-17(21)22)13-19(14,15-8-4-2-5-9-15)16-10-6-3-7-11-16/h2-11,14H,12-13,20H2,1H3,(H,21,22). The summed E-state index contributed by atoms with van der Waals surface area (Å²) < 4.78 is 0.